The maximum absolute atomic E-state index is 5.11. The van der Waals surface area contributed by atoms with Gasteiger partial charge in [0.2, 0.25) is 0 Å². The molecule has 0 fully saturated rings. The zero-order valence-corrected chi connectivity index (χ0v) is 13.2. The first-order chi connectivity index (χ1) is 9.56. The molecule has 1 aromatic rings. The molecule has 0 amide bonds. The van der Waals surface area contributed by atoms with Gasteiger partial charge in [0, 0.05) is 26.7 Å². The summed E-state index contributed by atoms with van der Waals surface area (Å²) >= 11 is 0. The molecule has 2 unspecified atom stereocenters. The molecule has 0 saturated heterocycles. The van der Waals surface area contributed by atoms with Gasteiger partial charge in [0.15, 0.2) is 5.96 Å². The number of aliphatic imine (C=N–C) groups is 1. The molecule has 1 aromatic carbocycles. The molecule has 1 rings (SSSR count). The van der Waals surface area contributed by atoms with Crippen LogP contribution in [-0.2, 0) is 4.74 Å². The van der Waals surface area contributed by atoms with Gasteiger partial charge >= 0.3 is 0 Å². The van der Waals surface area contributed by atoms with Crippen molar-refractivity contribution in [3.8, 4) is 0 Å². The highest BCUT2D eigenvalue weighted by Gasteiger charge is 2.08. The zero-order valence-electron chi connectivity index (χ0n) is 13.2. The van der Waals surface area contributed by atoms with Crippen LogP contribution in [0.3, 0.4) is 0 Å². The van der Waals surface area contributed by atoms with E-state index >= 15 is 0 Å². The van der Waals surface area contributed by atoms with Gasteiger partial charge in [0.25, 0.3) is 0 Å². The minimum Gasteiger partial charge on any atom is -0.383 e. The van der Waals surface area contributed by atoms with E-state index in [1.165, 1.54) is 11.1 Å². The summed E-state index contributed by atoms with van der Waals surface area (Å²) in [6.45, 7) is 7.90. The van der Waals surface area contributed by atoms with Gasteiger partial charge in [-0.25, -0.2) is 0 Å². The van der Waals surface area contributed by atoms with Crippen LogP contribution in [0.4, 0.5) is 0 Å². The average Bonchev–Trinajstić information content (AvgIpc) is 2.44. The minimum absolute atomic E-state index is 0.237. The summed E-state index contributed by atoms with van der Waals surface area (Å²) in [4.78, 5) is 4.23. The molecule has 0 aromatic heterocycles. The second kappa shape index (κ2) is 8.59. The van der Waals surface area contributed by atoms with Gasteiger partial charge in [0.1, 0.15) is 0 Å². The summed E-state index contributed by atoms with van der Waals surface area (Å²) in [5, 5.41) is 6.65. The third kappa shape index (κ3) is 5.61. The maximum atomic E-state index is 5.11. The fourth-order valence-corrected chi connectivity index (χ4v) is 1.98. The fraction of sp³-hybridized carbons (Fsp3) is 0.562. The van der Waals surface area contributed by atoms with Crippen LogP contribution < -0.4 is 10.6 Å². The lowest BCUT2D eigenvalue weighted by atomic mass is 10.0. The van der Waals surface area contributed by atoms with Gasteiger partial charge in [0.05, 0.1) is 6.61 Å². The number of aryl methyl sites for hydroxylation is 1. The lowest BCUT2D eigenvalue weighted by Gasteiger charge is -2.19. The quantitative estimate of drug-likeness (QED) is 0.619. The van der Waals surface area contributed by atoms with Crippen molar-refractivity contribution in [1.29, 1.82) is 0 Å². The van der Waals surface area contributed by atoms with E-state index in [1.54, 1.807) is 14.2 Å². The molecule has 0 saturated carbocycles. The van der Waals surface area contributed by atoms with Crippen LogP contribution in [0.15, 0.2) is 29.3 Å². The van der Waals surface area contributed by atoms with Gasteiger partial charge < -0.3 is 15.4 Å². The van der Waals surface area contributed by atoms with Crippen molar-refractivity contribution in [3.63, 3.8) is 0 Å². The van der Waals surface area contributed by atoms with E-state index in [0.29, 0.717) is 12.5 Å². The van der Waals surface area contributed by atoms with E-state index in [9.17, 15) is 0 Å². The Balaban J connectivity index is 2.46. The fourth-order valence-electron chi connectivity index (χ4n) is 1.98. The SMILES string of the molecule is CN=C(NCC(C)c1ccc(C)cc1)NC(C)COC. The van der Waals surface area contributed by atoms with Gasteiger partial charge in [-0.1, -0.05) is 36.8 Å². The third-order valence-corrected chi connectivity index (χ3v) is 3.25. The smallest absolute Gasteiger partial charge is 0.191 e. The molecule has 2 atom stereocenters. The molecule has 0 spiro atoms. The second-order valence-electron chi connectivity index (χ2n) is 5.27. The van der Waals surface area contributed by atoms with Crippen molar-refractivity contribution in [1.82, 2.24) is 10.6 Å². The molecule has 0 heterocycles. The number of nitrogens with one attached hydrogen (secondary N) is 2. The van der Waals surface area contributed by atoms with Crippen LogP contribution >= 0.6 is 0 Å². The third-order valence-electron chi connectivity index (χ3n) is 3.25. The Morgan fingerprint density at radius 3 is 2.45 bits per heavy atom. The molecule has 112 valence electrons. The van der Waals surface area contributed by atoms with Crippen molar-refractivity contribution in [2.75, 3.05) is 27.3 Å². The van der Waals surface area contributed by atoms with Crippen LogP contribution in [0.5, 0.6) is 0 Å². The summed E-state index contributed by atoms with van der Waals surface area (Å²) in [6.07, 6.45) is 0. The standard InChI is InChI=1S/C16H27N3O/c1-12-6-8-15(9-7-12)13(2)10-18-16(17-4)19-14(3)11-20-5/h6-9,13-14H,10-11H2,1-5H3,(H2,17,18,19). The van der Waals surface area contributed by atoms with Gasteiger partial charge in [-0.3, -0.25) is 4.99 Å². The number of nitrogens with zero attached hydrogens (tertiary/aromatic N) is 1. The average molecular weight is 277 g/mol. The molecule has 0 aliphatic carbocycles. The van der Waals surface area contributed by atoms with E-state index in [0.717, 1.165) is 12.5 Å². The number of ether oxygens (including phenoxy) is 1. The molecular formula is C16H27N3O. The number of guanidine groups is 1. The largest absolute Gasteiger partial charge is 0.383 e. The Kier molecular flexibility index (Phi) is 7.09. The first kappa shape index (κ1) is 16.5. The molecule has 0 bridgehead atoms. The molecule has 4 nitrogen and oxygen atoms in total. The number of benzene rings is 1. The van der Waals surface area contributed by atoms with Crippen molar-refractivity contribution >= 4 is 5.96 Å². The van der Waals surface area contributed by atoms with Crippen molar-refractivity contribution in [2.24, 2.45) is 4.99 Å². The molecule has 0 radical (unpaired) electrons. The lowest BCUT2D eigenvalue weighted by molar-refractivity contribution is 0.179. The Bertz CT molecular complexity index is 414. The second-order valence-corrected chi connectivity index (χ2v) is 5.27. The molecule has 20 heavy (non-hydrogen) atoms. The topological polar surface area (TPSA) is 45.7 Å². The van der Waals surface area contributed by atoms with Gasteiger partial charge in [-0.15, -0.1) is 0 Å². The van der Waals surface area contributed by atoms with Crippen LogP contribution in [0.2, 0.25) is 0 Å². The van der Waals surface area contributed by atoms with E-state index in [-0.39, 0.29) is 6.04 Å². The van der Waals surface area contributed by atoms with Crippen LogP contribution in [0.1, 0.15) is 30.9 Å². The number of hydrogen-bond donors (Lipinski definition) is 2. The minimum atomic E-state index is 0.237. The molecule has 2 N–H and O–H groups in total. The highest BCUT2D eigenvalue weighted by Crippen LogP contribution is 2.14. The van der Waals surface area contributed by atoms with Gasteiger partial charge in [-0.2, -0.15) is 0 Å². The van der Waals surface area contributed by atoms with Crippen LogP contribution in [0.25, 0.3) is 0 Å². The molecular weight excluding hydrogens is 250 g/mol. The first-order valence-electron chi connectivity index (χ1n) is 7.09. The summed E-state index contributed by atoms with van der Waals surface area (Å²) in [5.74, 6) is 1.25. The Morgan fingerprint density at radius 2 is 1.90 bits per heavy atom. The number of hydrogen-bond acceptors (Lipinski definition) is 2. The predicted molar refractivity (Wildman–Crippen MR) is 85.4 cm³/mol. The van der Waals surface area contributed by atoms with E-state index in [1.807, 2.05) is 0 Å². The summed E-state index contributed by atoms with van der Waals surface area (Å²) in [5.41, 5.74) is 2.63. The van der Waals surface area contributed by atoms with Crippen molar-refractivity contribution in [2.45, 2.75) is 32.7 Å². The Labute approximate surface area is 122 Å². The number of rotatable bonds is 6. The Hall–Kier alpha value is -1.55. The first-order valence-corrected chi connectivity index (χ1v) is 7.09. The molecule has 4 heteroatoms. The monoisotopic (exact) mass is 277 g/mol. The summed E-state index contributed by atoms with van der Waals surface area (Å²) in [7, 11) is 3.49. The van der Waals surface area contributed by atoms with E-state index in [4.69, 9.17) is 4.74 Å². The lowest BCUT2D eigenvalue weighted by Crippen LogP contribution is -2.44. The summed E-state index contributed by atoms with van der Waals surface area (Å²) in [6, 6.07) is 8.91. The number of methoxy groups -OCH3 is 1. The zero-order chi connectivity index (χ0) is 15.0. The van der Waals surface area contributed by atoms with Gasteiger partial charge in [-0.05, 0) is 25.3 Å². The van der Waals surface area contributed by atoms with Crippen LogP contribution in [0, 0.1) is 6.92 Å². The van der Waals surface area contributed by atoms with Crippen LogP contribution in [-0.4, -0.2) is 39.3 Å². The summed E-state index contributed by atoms with van der Waals surface area (Å²) < 4.78 is 5.11. The highest BCUT2D eigenvalue weighted by molar-refractivity contribution is 5.79. The predicted octanol–water partition coefficient (Wildman–Crippen LogP) is 2.30. The van der Waals surface area contributed by atoms with Crippen molar-refractivity contribution < 1.29 is 4.74 Å². The molecule has 0 aliphatic heterocycles. The molecule has 0 aliphatic rings. The Morgan fingerprint density at radius 1 is 1.25 bits per heavy atom. The van der Waals surface area contributed by atoms with E-state index < -0.39 is 0 Å². The highest BCUT2D eigenvalue weighted by atomic mass is 16.5. The normalized spacial score (nSPS) is 14.8. The maximum Gasteiger partial charge on any atom is 0.191 e. The van der Waals surface area contributed by atoms with Crippen molar-refractivity contribution in [3.05, 3.63) is 35.4 Å². The van der Waals surface area contributed by atoms with E-state index in [2.05, 4.69) is 60.7 Å².